The molecule has 2 aromatic rings. The van der Waals surface area contributed by atoms with Crippen molar-refractivity contribution in [1.82, 2.24) is 10.3 Å². The van der Waals surface area contributed by atoms with E-state index >= 15 is 0 Å². The first-order valence-corrected chi connectivity index (χ1v) is 6.77. The topological polar surface area (TPSA) is 106 Å². The number of hydrogen-bond donors (Lipinski definition) is 3. The van der Waals surface area contributed by atoms with Crippen LogP contribution in [0.1, 0.15) is 0 Å². The third-order valence-electron chi connectivity index (χ3n) is 3.01. The molecule has 22 heavy (non-hydrogen) atoms. The van der Waals surface area contributed by atoms with Crippen LogP contribution in [-0.2, 0) is 14.3 Å². The van der Waals surface area contributed by atoms with E-state index in [4.69, 9.17) is 10.5 Å². The van der Waals surface area contributed by atoms with Crippen molar-refractivity contribution in [3.63, 3.8) is 0 Å². The SMILES string of the molecule is COCC(N)C(=O)NCC(=O)Nc1cccc2cccnc12. The van der Waals surface area contributed by atoms with Gasteiger partial charge in [0, 0.05) is 18.7 Å². The molecule has 1 aromatic heterocycles. The van der Waals surface area contributed by atoms with Gasteiger partial charge in [0.05, 0.1) is 24.4 Å². The minimum atomic E-state index is -0.794. The van der Waals surface area contributed by atoms with E-state index in [0.29, 0.717) is 11.2 Å². The van der Waals surface area contributed by atoms with Gasteiger partial charge in [0.25, 0.3) is 0 Å². The second-order valence-corrected chi connectivity index (χ2v) is 4.71. The monoisotopic (exact) mass is 302 g/mol. The zero-order valence-electron chi connectivity index (χ0n) is 12.2. The van der Waals surface area contributed by atoms with E-state index in [1.807, 2.05) is 24.3 Å². The Kier molecular flexibility index (Phi) is 5.40. The van der Waals surface area contributed by atoms with Gasteiger partial charge in [-0.15, -0.1) is 0 Å². The summed E-state index contributed by atoms with van der Waals surface area (Å²) in [6.07, 6.45) is 1.66. The Morgan fingerprint density at radius 2 is 2.09 bits per heavy atom. The van der Waals surface area contributed by atoms with E-state index in [2.05, 4.69) is 15.6 Å². The lowest BCUT2D eigenvalue weighted by molar-refractivity contribution is -0.126. The molecule has 0 spiro atoms. The molecular formula is C15H18N4O3. The standard InChI is InChI=1S/C15H18N4O3/c1-22-9-11(16)15(21)18-8-13(20)19-12-6-2-4-10-5-3-7-17-14(10)12/h2-7,11H,8-9,16H2,1H3,(H,18,21)(H,19,20). The molecule has 0 aliphatic rings. The van der Waals surface area contributed by atoms with Crippen molar-refractivity contribution in [2.75, 3.05) is 25.6 Å². The van der Waals surface area contributed by atoms with Crippen LogP contribution < -0.4 is 16.4 Å². The molecule has 2 amide bonds. The Labute approximate surface area is 127 Å². The fourth-order valence-corrected chi connectivity index (χ4v) is 1.95. The van der Waals surface area contributed by atoms with E-state index in [1.165, 1.54) is 7.11 Å². The summed E-state index contributed by atoms with van der Waals surface area (Å²) in [6.45, 7) is -0.0693. The fourth-order valence-electron chi connectivity index (χ4n) is 1.95. The minimum absolute atomic E-state index is 0.0979. The van der Waals surface area contributed by atoms with E-state index in [-0.39, 0.29) is 19.1 Å². The van der Waals surface area contributed by atoms with Crippen molar-refractivity contribution >= 4 is 28.4 Å². The van der Waals surface area contributed by atoms with E-state index in [9.17, 15) is 9.59 Å². The molecular weight excluding hydrogens is 284 g/mol. The van der Waals surface area contributed by atoms with E-state index in [1.54, 1.807) is 12.3 Å². The molecule has 0 saturated heterocycles. The van der Waals surface area contributed by atoms with Gasteiger partial charge >= 0.3 is 0 Å². The molecule has 7 heteroatoms. The van der Waals surface area contributed by atoms with Gasteiger partial charge in [-0.3, -0.25) is 14.6 Å². The lowest BCUT2D eigenvalue weighted by Crippen LogP contribution is -2.45. The number of methoxy groups -OCH3 is 1. The van der Waals surface area contributed by atoms with Crippen LogP contribution in [0.4, 0.5) is 5.69 Å². The Bertz CT molecular complexity index is 669. The average Bonchev–Trinajstić information content (AvgIpc) is 2.53. The molecule has 0 bridgehead atoms. The molecule has 1 heterocycles. The quantitative estimate of drug-likeness (QED) is 0.710. The van der Waals surface area contributed by atoms with Gasteiger partial charge < -0.3 is 21.1 Å². The summed E-state index contributed by atoms with van der Waals surface area (Å²) < 4.78 is 4.78. The first-order chi connectivity index (χ1) is 10.6. The van der Waals surface area contributed by atoms with Crippen LogP contribution in [0.2, 0.25) is 0 Å². The normalized spacial score (nSPS) is 11.9. The van der Waals surface area contributed by atoms with Gasteiger partial charge in [-0.05, 0) is 12.1 Å². The molecule has 1 atom stereocenters. The maximum Gasteiger partial charge on any atom is 0.243 e. The molecule has 116 valence electrons. The summed E-state index contributed by atoms with van der Waals surface area (Å²) in [5.41, 5.74) is 6.85. The zero-order valence-corrected chi connectivity index (χ0v) is 12.2. The highest BCUT2D eigenvalue weighted by Gasteiger charge is 2.14. The maximum absolute atomic E-state index is 11.9. The number of benzene rings is 1. The van der Waals surface area contributed by atoms with Crippen LogP contribution >= 0.6 is 0 Å². The average molecular weight is 302 g/mol. The van der Waals surface area contributed by atoms with Crippen molar-refractivity contribution in [2.24, 2.45) is 5.73 Å². The van der Waals surface area contributed by atoms with Crippen molar-refractivity contribution < 1.29 is 14.3 Å². The van der Waals surface area contributed by atoms with Gasteiger partial charge in [0.1, 0.15) is 6.04 Å². The third kappa shape index (κ3) is 4.00. The molecule has 1 aromatic carbocycles. The van der Waals surface area contributed by atoms with Crippen molar-refractivity contribution in [3.8, 4) is 0 Å². The van der Waals surface area contributed by atoms with E-state index in [0.717, 1.165) is 5.39 Å². The number of nitrogens with one attached hydrogen (secondary N) is 2. The van der Waals surface area contributed by atoms with Gasteiger partial charge in [-0.2, -0.15) is 0 Å². The predicted octanol–water partition coefficient (Wildman–Crippen LogP) is 0.263. The number of carbonyl (C=O) groups excluding carboxylic acids is 2. The third-order valence-corrected chi connectivity index (χ3v) is 3.01. The van der Waals surface area contributed by atoms with Gasteiger partial charge in [-0.25, -0.2) is 0 Å². The fraction of sp³-hybridized carbons (Fsp3) is 0.267. The lowest BCUT2D eigenvalue weighted by Gasteiger charge is -2.12. The Balaban J connectivity index is 1.95. The van der Waals surface area contributed by atoms with Gasteiger partial charge in [-0.1, -0.05) is 18.2 Å². The number of carbonyl (C=O) groups is 2. The Morgan fingerprint density at radius 1 is 1.32 bits per heavy atom. The summed E-state index contributed by atoms with van der Waals surface area (Å²) in [4.78, 5) is 27.8. The van der Waals surface area contributed by atoms with E-state index < -0.39 is 11.9 Å². The van der Waals surface area contributed by atoms with Gasteiger partial charge in [0.15, 0.2) is 0 Å². The highest BCUT2D eigenvalue weighted by molar-refractivity contribution is 6.01. The van der Waals surface area contributed by atoms with Crippen molar-refractivity contribution in [3.05, 3.63) is 36.5 Å². The minimum Gasteiger partial charge on any atom is -0.383 e. The Hall–Kier alpha value is -2.51. The maximum atomic E-state index is 11.9. The molecule has 7 nitrogen and oxygen atoms in total. The number of para-hydroxylation sites is 1. The second-order valence-electron chi connectivity index (χ2n) is 4.71. The van der Waals surface area contributed by atoms with Crippen LogP contribution in [-0.4, -0.2) is 43.1 Å². The number of anilines is 1. The molecule has 0 fully saturated rings. The largest absolute Gasteiger partial charge is 0.383 e. The van der Waals surface area contributed by atoms with Crippen LogP contribution in [0.5, 0.6) is 0 Å². The molecule has 1 unspecified atom stereocenters. The van der Waals surface area contributed by atoms with Crippen molar-refractivity contribution in [1.29, 1.82) is 0 Å². The predicted molar refractivity (Wildman–Crippen MR) is 83.2 cm³/mol. The highest BCUT2D eigenvalue weighted by Crippen LogP contribution is 2.20. The second kappa shape index (κ2) is 7.48. The summed E-state index contributed by atoms with van der Waals surface area (Å²) >= 11 is 0. The van der Waals surface area contributed by atoms with Crippen LogP contribution in [0.3, 0.4) is 0 Å². The number of amides is 2. The zero-order chi connectivity index (χ0) is 15.9. The number of nitrogens with zero attached hydrogens (tertiary/aromatic N) is 1. The Morgan fingerprint density at radius 3 is 2.86 bits per heavy atom. The number of rotatable bonds is 6. The van der Waals surface area contributed by atoms with Crippen LogP contribution in [0.25, 0.3) is 10.9 Å². The number of hydrogen-bond acceptors (Lipinski definition) is 5. The number of aromatic nitrogens is 1. The van der Waals surface area contributed by atoms with Crippen LogP contribution in [0, 0.1) is 0 Å². The first-order valence-electron chi connectivity index (χ1n) is 6.77. The molecule has 4 N–H and O–H groups in total. The highest BCUT2D eigenvalue weighted by atomic mass is 16.5. The number of nitrogens with two attached hydrogens (primary N) is 1. The molecule has 0 aliphatic heterocycles. The molecule has 0 saturated carbocycles. The summed E-state index contributed by atoms with van der Waals surface area (Å²) in [5, 5.41) is 6.10. The van der Waals surface area contributed by atoms with Gasteiger partial charge in [0.2, 0.25) is 11.8 Å². The molecule has 2 rings (SSSR count). The number of ether oxygens (including phenoxy) is 1. The summed E-state index contributed by atoms with van der Waals surface area (Å²) in [7, 11) is 1.45. The molecule has 0 radical (unpaired) electrons. The number of pyridine rings is 1. The smallest absolute Gasteiger partial charge is 0.243 e. The molecule has 0 aliphatic carbocycles. The number of fused-ring (bicyclic) bond motifs is 1. The van der Waals surface area contributed by atoms with Crippen LogP contribution in [0.15, 0.2) is 36.5 Å². The lowest BCUT2D eigenvalue weighted by atomic mass is 10.2. The summed E-state index contributed by atoms with van der Waals surface area (Å²) in [5.74, 6) is -0.788. The van der Waals surface area contributed by atoms with Crippen molar-refractivity contribution in [2.45, 2.75) is 6.04 Å². The summed E-state index contributed by atoms with van der Waals surface area (Å²) in [6, 6.07) is 8.42. The first kappa shape index (κ1) is 15.9.